The van der Waals surface area contributed by atoms with E-state index in [9.17, 15) is 14.9 Å². The minimum Gasteiger partial charge on any atom is -0.485 e. The number of furan rings is 1. The van der Waals surface area contributed by atoms with Crippen molar-refractivity contribution in [1.29, 1.82) is 0 Å². The lowest BCUT2D eigenvalue weighted by molar-refractivity contribution is -0.384. The van der Waals surface area contributed by atoms with E-state index in [0.29, 0.717) is 28.6 Å². The van der Waals surface area contributed by atoms with E-state index in [1.807, 2.05) is 36.4 Å². The number of nitrogens with zero attached hydrogens (tertiary/aromatic N) is 2. The summed E-state index contributed by atoms with van der Waals surface area (Å²) in [5.41, 5.74) is 2.69. The van der Waals surface area contributed by atoms with Crippen LogP contribution in [0.3, 0.4) is 0 Å². The van der Waals surface area contributed by atoms with Gasteiger partial charge in [0.05, 0.1) is 16.7 Å². The number of carbonyl (C=O) groups is 1. The Kier molecular flexibility index (Phi) is 5.19. The van der Waals surface area contributed by atoms with Crippen molar-refractivity contribution in [3.05, 3.63) is 88.7 Å². The first-order valence-electron chi connectivity index (χ1n) is 10.1. The zero-order valence-corrected chi connectivity index (χ0v) is 17.1. The van der Waals surface area contributed by atoms with E-state index in [0.717, 1.165) is 10.8 Å². The number of rotatable bonds is 5. The summed E-state index contributed by atoms with van der Waals surface area (Å²) in [7, 11) is 0. The van der Waals surface area contributed by atoms with Gasteiger partial charge in [-0.3, -0.25) is 14.9 Å². The first kappa shape index (κ1) is 20.3. The van der Waals surface area contributed by atoms with Gasteiger partial charge in [-0.1, -0.05) is 36.4 Å². The minimum atomic E-state index is -0.866. The predicted octanol–water partition coefficient (Wildman–Crippen LogP) is 4.30. The largest absolute Gasteiger partial charge is 0.485 e. The topological polar surface area (TPSA) is 116 Å². The van der Waals surface area contributed by atoms with Crippen LogP contribution in [0.15, 0.2) is 82.3 Å². The highest BCUT2D eigenvalue weighted by Crippen LogP contribution is 2.36. The van der Waals surface area contributed by atoms with E-state index in [1.165, 1.54) is 12.3 Å². The molecule has 1 aliphatic rings. The lowest BCUT2D eigenvalue weighted by Gasteiger charge is -2.25. The Labute approximate surface area is 187 Å². The third-order valence-corrected chi connectivity index (χ3v) is 5.12. The molecule has 2 heterocycles. The van der Waals surface area contributed by atoms with Gasteiger partial charge in [0.1, 0.15) is 18.1 Å². The summed E-state index contributed by atoms with van der Waals surface area (Å²) in [5.74, 6) is 1.24. The van der Waals surface area contributed by atoms with Crippen LogP contribution in [-0.2, 0) is 4.79 Å². The van der Waals surface area contributed by atoms with E-state index in [4.69, 9.17) is 13.9 Å². The smallest absolute Gasteiger partial charge is 0.284 e. The molecule has 1 amide bonds. The van der Waals surface area contributed by atoms with Gasteiger partial charge >= 0.3 is 0 Å². The number of hydrogen-bond donors (Lipinski definition) is 1. The fourth-order valence-corrected chi connectivity index (χ4v) is 3.53. The monoisotopic (exact) mass is 443 g/mol. The van der Waals surface area contributed by atoms with Gasteiger partial charge < -0.3 is 13.9 Å². The summed E-state index contributed by atoms with van der Waals surface area (Å²) in [6.45, 7) is 0.0509. The molecule has 0 unspecified atom stereocenters. The number of ether oxygens (including phenoxy) is 2. The third-order valence-electron chi connectivity index (χ3n) is 5.12. The van der Waals surface area contributed by atoms with Gasteiger partial charge in [0.25, 0.3) is 11.6 Å². The van der Waals surface area contributed by atoms with Gasteiger partial charge in [0.15, 0.2) is 11.5 Å². The van der Waals surface area contributed by atoms with Crippen molar-refractivity contribution in [1.82, 2.24) is 5.43 Å². The summed E-state index contributed by atoms with van der Waals surface area (Å²) in [6, 6.07) is 21.0. The van der Waals surface area contributed by atoms with Crippen molar-refractivity contribution in [2.45, 2.75) is 6.10 Å². The average molecular weight is 443 g/mol. The molecule has 3 aromatic carbocycles. The van der Waals surface area contributed by atoms with E-state index in [-0.39, 0.29) is 12.3 Å². The van der Waals surface area contributed by atoms with Crippen LogP contribution < -0.4 is 14.9 Å². The highest BCUT2D eigenvalue weighted by Gasteiger charge is 2.27. The molecule has 0 fully saturated rings. The van der Waals surface area contributed by atoms with Crippen LogP contribution in [0.25, 0.3) is 22.1 Å². The number of nitro benzene ring substituents is 1. The second kappa shape index (κ2) is 8.46. The Morgan fingerprint density at radius 1 is 1.03 bits per heavy atom. The number of fused-ring (bicyclic) bond motifs is 2. The quantitative estimate of drug-likeness (QED) is 0.279. The molecule has 9 nitrogen and oxygen atoms in total. The number of benzene rings is 3. The van der Waals surface area contributed by atoms with E-state index >= 15 is 0 Å². The summed E-state index contributed by atoms with van der Waals surface area (Å²) < 4.78 is 17.1. The van der Waals surface area contributed by atoms with Gasteiger partial charge in [0.2, 0.25) is 6.10 Å². The maximum atomic E-state index is 12.5. The fourth-order valence-electron chi connectivity index (χ4n) is 3.53. The molecular weight excluding hydrogens is 426 g/mol. The first-order chi connectivity index (χ1) is 16.1. The maximum absolute atomic E-state index is 12.5. The molecule has 0 saturated carbocycles. The molecule has 5 rings (SSSR count). The van der Waals surface area contributed by atoms with Gasteiger partial charge in [-0.05, 0) is 41.1 Å². The molecule has 4 aromatic rings. The molecule has 9 heteroatoms. The molecule has 0 radical (unpaired) electrons. The summed E-state index contributed by atoms with van der Waals surface area (Å²) in [6.07, 6.45) is 0.441. The van der Waals surface area contributed by atoms with Crippen LogP contribution >= 0.6 is 0 Å². The standard InChI is InChI=1S/C24H17N3O6/c28-24(23-14-31-21-11-15-5-1-2-6-16(15)12-22(21)33-23)26-25-13-17-9-10-20(32-17)18-7-3-4-8-19(18)27(29)30/h1-13,23H,14H2,(H,26,28)/t23-/m1/s1. The van der Waals surface area contributed by atoms with Crippen molar-refractivity contribution >= 4 is 28.6 Å². The number of nitro groups is 1. The van der Waals surface area contributed by atoms with Crippen molar-refractivity contribution in [3.63, 3.8) is 0 Å². The van der Waals surface area contributed by atoms with Crippen LogP contribution in [0.2, 0.25) is 0 Å². The fraction of sp³-hybridized carbons (Fsp3) is 0.0833. The maximum Gasteiger partial charge on any atom is 0.284 e. The molecule has 0 saturated heterocycles. The van der Waals surface area contributed by atoms with Crippen LogP contribution in [0, 0.1) is 10.1 Å². The van der Waals surface area contributed by atoms with Gasteiger partial charge in [-0.25, -0.2) is 5.43 Å². The molecular formula is C24H17N3O6. The number of carbonyl (C=O) groups excluding carboxylic acids is 1. The van der Waals surface area contributed by atoms with Gasteiger partial charge in [-0.15, -0.1) is 0 Å². The molecule has 0 spiro atoms. The lowest BCUT2D eigenvalue weighted by Crippen LogP contribution is -2.42. The molecule has 33 heavy (non-hydrogen) atoms. The Hall–Kier alpha value is -4.66. The van der Waals surface area contributed by atoms with Crippen molar-refractivity contribution in [2.75, 3.05) is 6.61 Å². The lowest BCUT2D eigenvalue weighted by atomic mass is 10.1. The van der Waals surface area contributed by atoms with E-state index < -0.39 is 16.9 Å². The van der Waals surface area contributed by atoms with Crippen molar-refractivity contribution < 1.29 is 23.6 Å². The van der Waals surface area contributed by atoms with Gasteiger partial charge in [-0.2, -0.15) is 5.10 Å². The average Bonchev–Trinajstić information content (AvgIpc) is 3.31. The summed E-state index contributed by atoms with van der Waals surface area (Å²) >= 11 is 0. The molecule has 1 N–H and O–H groups in total. The zero-order valence-electron chi connectivity index (χ0n) is 17.1. The predicted molar refractivity (Wildman–Crippen MR) is 120 cm³/mol. The Morgan fingerprint density at radius 2 is 1.76 bits per heavy atom. The second-order valence-electron chi connectivity index (χ2n) is 7.27. The van der Waals surface area contributed by atoms with Crippen LogP contribution in [0.5, 0.6) is 11.5 Å². The Morgan fingerprint density at radius 3 is 2.55 bits per heavy atom. The summed E-state index contributed by atoms with van der Waals surface area (Å²) in [5, 5.41) is 17.1. The normalized spacial score (nSPS) is 15.0. The molecule has 1 aliphatic heterocycles. The Bertz CT molecular complexity index is 1390. The SMILES string of the molecule is O=C(NN=Cc1ccc(-c2ccccc2[N+](=O)[O-])o1)[C@H]1COc2cc3ccccc3cc2O1. The highest BCUT2D eigenvalue weighted by atomic mass is 16.6. The van der Waals surface area contributed by atoms with E-state index in [1.54, 1.807) is 30.3 Å². The van der Waals surface area contributed by atoms with Crippen molar-refractivity contribution in [2.24, 2.45) is 5.10 Å². The van der Waals surface area contributed by atoms with Crippen LogP contribution in [0.1, 0.15) is 5.76 Å². The number of amides is 1. The number of para-hydroxylation sites is 1. The summed E-state index contributed by atoms with van der Waals surface area (Å²) in [4.78, 5) is 23.2. The second-order valence-corrected chi connectivity index (χ2v) is 7.27. The minimum absolute atomic E-state index is 0.0509. The Balaban J connectivity index is 1.24. The van der Waals surface area contributed by atoms with Gasteiger partial charge in [0, 0.05) is 6.07 Å². The number of nitrogens with one attached hydrogen (secondary N) is 1. The number of hydrazone groups is 1. The first-order valence-corrected chi connectivity index (χ1v) is 10.1. The third kappa shape index (κ3) is 4.11. The van der Waals surface area contributed by atoms with Crippen LogP contribution in [0.4, 0.5) is 5.69 Å². The molecule has 164 valence electrons. The highest BCUT2D eigenvalue weighted by molar-refractivity contribution is 5.88. The van der Waals surface area contributed by atoms with Crippen LogP contribution in [-0.4, -0.2) is 29.8 Å². The molecule has 0 bridgehead atoms. The van der Waals surface area contributed by atoms with E-state index in [2.05, 4.69) is 10.5 Å². The molecule has 0 aliphatic carbocycles. The molecule has 1 aromatic heterocycles. The number of hydrogen-bond acceptors (Lipinski definition) is 7. The van der Waals surface area contributed by atoms with Crippen molar-refractivity contribution in [3.8, 4) is 22.8 Å². The zero-order chi connectivity index (χ0) is 22.8. The molecule has 1 atom stereocenters.